The Labute approximate surface area is 99.7 Å². The Morgan fingerprint density at radius 3 is 2.76 bits per heavy atom. The molecule has 1 aromatic heterocycles. The highest BCUT2D eigenvalue weighted by molar-refractivity contribution is 5.55. The molecule has 0 bridgehead atoms. The Kier molecular flexibility index (Phi) is 3.88. The second-order valence-corrected chi connectivity index (χ2v) is 3.80. The molecule has 90 valence electrons. The van der Waals surface area contributed by atoms with Gasteiger partial charge in [-0.2, -0.15) is 0 Å². The molecule has 0 saturated heterocycles. The van der Waals surface area contributed by atoms with Gasteiger partial charge in [0.1, 0.15) is 5.82 Å². The molecule has 0 radical (unpaired) electrons. The first kappa shape index (κ1) is 11.8. The molecule has 0 aliphatic heterocycles. The van der Waals surface area contributed by atoms with Gasteiger partial charge in [0.25, 0.3) is 0 Å². The topological polar surface area (TPSA) is 38.1 Å². The predicted molar refractivity (Wildman–Crippen MR) is 63.9 cm³/mol. The van der Waals surface area contributed by atoms with Gasteiger partial charge in [-0.15, -0.1) is 0 Å². The molecule has 0 aliphatic carbocycles. The highest BCUT2D eigenvalue weighted by Gasteiger charge is 2.05. The van der Waals surface area contributed by atoms with Crippen molar-refractivity contribution in [3.05, 3.63) is 42.2 Å². The van der Waals surface area contributed by atoms with Gasteiger partial charge in [-0.25, -0.2) is 9.37 Å². The molecule has 1 aromatic carbocycles. The standard InChI is InChI=1S/C13H15FN2O/c1-2-7-15-9-13-16-8-12(17-13)10-3-5-11(14)6-4-10/h3-6,8,15H,2,7,9H2,1H3. The van der Waals surface area contributed by atoms with Gasteiger partial charge in [-0.1, -0.05) is 6.92 Å². The molecule has 2 aromatic rings. The summed E-state index contributed by atoms with van der Waals surface area (Å²) in [7, 11) is 0. The van der Waals surface area contributed by atoms with E-state index in [1.807, 2.05) is 0 Å². The number of hydrogen-bond acceptors (Lipinski definition) is 3. The third-order valence-electron chi connectivity index (χ3n) is 2.39. The largest absolute Gasteiger partial charge is 0.439 e. The summed E-state index contributed by atoms with van der Waals surface area (Å²) in [6, 6.07) is 6.18. The summed E-state index contributed by atoms with van der Waals surface area (Å²) in [5, 5.41) is 3.21. The van der Waals surface area contributed by atoms with E-state index in [-0.39, 0.29) is 5.82 Å². The van der Waals surface area contributed by atoms with E-state index in [0.29, 0.717) is 18.2 Å². The van der Waals surface area contributed by atoms with Gasteiger partial charge < -0.3 is 9.73 Å². The smallest absolute Gasteiger partial charge is 0.208 e. The number of hydrogen-bond donors (Lipinski definition) is 1. The minimum atomic E-state index is -0.252. The summed E-state index contributed by atoms with van der Waals surface area (Å²) >= 11 is 0. The molecule has 0 aliphatic rings. The minimum absolute atomic E-state index is 0.252. The second kappa shape index (κ2) is 5.59. The molecular weight excluding hydrogens is 219 g/mol. The monoisotopic (exact) mass is 234 g/mol. The lowest BCUT2D eigenvalue weighted by molar-refractivity contribution is 0.478. The second-order valence-electron chi connectivity index (χ2n) is 3.80. The van der Waals surface area contributed by atoms with Crippen molar-refractivity contribution in [2.75, 3.05) is 6.54 Å². The number of benzene rings is 1. The van der Waals surface area contributed by atoms with Gasteiger partial charge >= 0.3 is 0 Å². The van der Waals surface area contributed by atoms with Crippen LogP contribution < -0.4 is 5.32 Å². The fourth-order valence-electron chi connectivity index (χ4n) is 1.51. The molecule has 0 saturated carbocycles. The molecular formula is C13H15FN2O. The number of aromatic nitrogens is 1. The van der Waals surface area contributed by atoms with E-state index in [4.69, 9.17) is 4.42 Å². The molecule has 1 heterocycles. The van der Waals surface area contributed by atoms with Crippen molar-refractivity contribution in [3.8, 4) is 11.3 Å². The lowest BCUT2D eigenvalue weighted by Crippen LogP contribution is -2.13. The van der Waals surface area contributed by atoms with E-state index in [9.17, 15) is 4.39 Å². The Morgan fingerprint density at radius 2 is 2.06 bits per heavy atom. The summed E-state index contributed by atoms with van der Waals surface area (Å²) in [6.07, 6.45) is 2.74. The lowest BCUT2D eigenvalue weighted by Gasteiger charge is -1.98. The lowest BCUT2D eigenvalue weighted by atomic mass is 10.2. The van der Waals surface area contributed by atoms with Crippen LogP contribution in [0.1, 0.15) is 19.2 Å². The zero-order valence-electron chi connectivity index (χ0n) is 9.74. The Balaban J connectivity index is 2.04. The quantitative estimate of drug-likeness (QED) is 0.808. The van der Waals surface area contributed by atoms with Crippen LogP contribution in [-0.4, -0.2) is 11.5 Å². The molecule has 0 fully saturated rings. The summed E-state index contributed by atoms with van der Waals surface area (Å²) in [5.74, 6) is 1.06. The van der Waals surface area contributed by atoms with Gasteiger partial charge in [0.15, 0.2) is 5.76 Å². The van der Waals surface area contributed by atoms with Gasteiger partial charge in [-0.05, 0) is 37.2 Å². The van der Waals surface area contributed by atoms with E-state index < -0.39 is 0 Å². The molecule has 3 nitrogen and oxygen atoms in total. The molecule has 0 unspecified atom stereocenters. The number of oxazole rings is 1. The predicted octanol–water partition coefficient (Wildman–Crippen LogP) is 2.98. The maximum absolute atomic E-state index is 12.8. The Bertz CT molecular complexity index is 465. The summed E-state index contributed by atoms with van der Waals surface area (Å²) in [4.78, 5) is 4.16. The summed E-state index contributed by atoms with van der Waals surface area (Å²) in [5.41, 5.74) is 0.834. The zero-order chi connectivity index (χ0) is 12.1. The van der Waals surface area contributed by atoms with E-state index >= 15 is 0 Å². The average molecular weight is 234 g/mol. The van der Waals surface area contributed by atoms with Crippen molar-refractivity contribution >= 4 is 0 Å². The molecule has 17 heavy (non-hydrogen) atoms. The first-order valence-electron chi connectivity index (χ1n) is 5.71. The van der Waals surface area contributed by atoms with E-state index in [1.54, 1.807) is 18.3 Å². The normalized spacial score (nSPS) is 10.7. The van der Waals surface area contributed by atoms with Crippen LogP contribution in [0.4, 0.5) is 4.39 Å². The third-order valence-corrected chi connectivity index (χ3v) is 2.39. The molecule has 0 atom stereocenters. The zero-order valence-corrected chi connectivity index (χ0v) is 9.74. The fraction of sp³-hybridized carbons (Fsp3) is 0.308. The number of halogens is 1. The van der Waals surface area contributed by atoms with Crippen LogP contribution in [0.3, 0.4) is 0 Å². The van der Waals surface area contributed by atoms with Crippen LogP contribution in [0, 0.1) is 5.82 Å². The first-order valence-corrected chi connectivity index (χ1v) is 5.71. The molecule has 2 rings (SSSR count). The van der Waals surface area contributed by atoms with E-state index in [1.165, 1.54) is 12.1 Å². The Morgan fingerprint density at radius 1 is 1.29 bits per heavy atom. The molecule has 0 amide bonds. The van der Waals surface area contributed by atoms with Crippen molar-refractivity contribution in [2.24, 2.45) is 0 Å². The summed E-state index contributed by atoms with van der Waals surface area (Å²) < 4.78 is 18.3. The van der Waals surface area contributed by atoms with Crippen LogP contribution in [0.2, 0.25) is 0 Å². The van der Waals surface area contributed by atoms with Crippen molar-refractivity contribution in [2.45, 2.75) is 19.9 Å². The number of nitrogens with zero attached hydrogens (tertiary/aromatic N) is 1. The van der Waals surface area contributed by atoms with Crippen LogP contribution in [-0.2, 0) is 6.54 Å². The molecule has 1 N–H and O–H groups in total. The molecule has 0 spiro atoms. The number of nitrogens with one attached hydrogen (secondary N) is 1. The van der Waals surface area contributed by atoms with Crippen molar-refractivity contribution in [3.63, 3.8) is 0 Å². The van der Waals surface area contributed by atoms with Gasteiger partial charge in [0.2, 0.25) is 5.89 Å². The van der Waals surface area contributed by atoms with Crippen molar-refractivity contribution in [1.82, 2.24) is 10.3 Å². The van der Waals surface area contributed by atoms with Gasteiger partial charge in [-0.3, -0.25) is 0 Å². The van der Waals surface area contributed by atoms with Crippen molar-refractivity contribution < 1.29 is 8.81 Å². The SMILES string of the molecule is CCCNCc1ncc(-c2ccc(F)cc2)o1. The first-order chi connectivity index (χ1) is 8.29. The van der Waals surface area contributed by atoms with Crippen LogP contribution >= 0.6 is 0 Å². The minimum Gasteiger partial charge on any atom is -0.439 e. The van der Waals surface area contributed by atoms with E-state index in [0.717, 1.165) is 18.5 Å². The van der Waals surface area contributed by atoms with Gasteiger partial charge in [0, 0.05) is 5.56 Å². The van der Waals surface area contributed by atoms with Crippen LogP contribution in [0.25, 0.3) is 11.3 Å². The maximum atomic E-state index is 12.8. The highest BCUT2D eigenvalue weighted by Crippen LogP contribution is 2.20. The average Bonchev–Trinajstić information content (AvgIpc) is 2.79. The molecule has 4 heteroatoms. The van der Waals surface area contributed by atoms with Gasteiger partial charge in [0.05, 0.1) is 12.7 Å². The number of rotatable bonds is 5. The van der Waals surface area contributed by atoms with Crippen molar-refractivity contribution in [1.29, 1.82) is 0 Å². The van der Waals surface area contributed by atoms with E-state index in [2.05, 4.69) is 17.2 Å². The van der Waals surface area contributed by atoms with Crippen LogP contribution in [0.15, 0.2) is 34.9 Å². The summed E-state index contributed by atoms with van der Waals surface area (Å²) in [6.45, 7) is 3.66. The maximum Gasteiger partial charge on any atom is 0.208 e. The highest BCUT2D eigenvalue weighted by atomic mass is 19.1. The Hall–Kier alpha value is -1.68. The third kappa shape index (κ3) is 3.14. The van der Waals surface area contributed by atoms with Crippen LogP contribution in [0.5, 0.6) is 0 Å². The fourth-order valence-corrected chi connectivity index (χ4v) is 1.51.